The third kappa shape index (κ3) is 4.05. The van der Waals surface area contributed by atoms with E-state index in [0.717, 1.165) is 18.1 Å². The van der Waals surface area contributed by atoms with Crippen molar-refractivity contribution in [1.82, 2.24) is 4.90 Å². The number of furan rings is 1. The van der Waals surface area contributed by atoms with E-state index < -0.39 is 0 Å². The van der Waals surface area contributed by atoms with Crippen LogP contribution in [0.5, 0.6) is 0 Å². The molecule has 1 aliphatic heterocycles. The quantitative estimate of drug-likeness (QED) is 0.596. The van der Waals surface area contributed by atoms with E-state index in [1.165, 1.54) is 47.1 Å². The number of anilines is 1. The second kappa shape index (κ2) is 8.33. The van der Waals surface area contributed by atoms with E-state index in [1.54, 1.807) is 23.5 Å². The number of nitrogens with one attached hydrogen (secondary N) is 1. The number of carbonyl (C=O) groups excluding carboxylic acids is 1. The van der Waals surface area contributed by atoms with Gasteiger partial charge in [-0.05, 0) is 63.5 Å². The number of hydrogen-bond acceptors (Lipinski definition) is 4. The van der Waals surface area contributed by atoms with Crippen LogP contribution in [0.2, 0.25) is 0 Å². The predicted molar refractivity (Wildman–Crippen MR) is 114 cm³/mol. The van der Waals surface area contributed by atoms with Gasteiger partial charge in [0, 0.05) is 10.4 Å². The van der Waals surface area contributed by atoms with Crippen LogP contribution in [-0.2, 0) is 0 Å². The van der Waals surface area contributed by atoms with Crippen molar-refractivity contribution in [2.45, 2.75) is 39.2 Å². The number of hydrogen-bond donors (Lipinski definition) is 1. The van der Waals surface area contributed by atoms with Crippen molar-refractivity contribution in [2.75, 3.05) is 18.4 Å². The summed E-state index contributed by atoms with van der Waals surface area (Å²) in [4.78, 5) is 16.4. The van der Waals surface area contributed by atoms with Gasteiger partial charge in [0.05, 0.1) is 12.3 Å². The highest BCUT2D eigenvalue weighted by Crippen LogP contribution is 2.40. The van der Waals surface area contributed by atoms with Gasteiger partial charge in [-0.1, -0.05) is 36.2 Å². The molecule has 0 bridgehead atoms. The van der Waals surface area contributed by atoms with Crippen molar-refractivity contribution in [2.24, 2.45) is 0 Å². The van der Waals surface area contributed by atoms with Crippen molar-refractivity contribution in [3.05, 3.63) is 76.1 Å². The molecule has 3 heterocycles. The van der Waals surface area contributed by atoms with Gasteiger partial charge in [-0.3, -0.25) is 9.69 Å². The molecular weight excluding hydrogens is 368 g/mol. The Morgan fingerprint density at radius 2 is 1.86 bits per heavy atom. The number of rotatable bonds is 5. The first-order valence-electron chi connectivity index (χ1n) is 9.87. The maximum absolute atomic E-state index is 12.6. The summed E-state index contributed by atoms with van der Waals surface area (Å²) in [6, 6.07) is 14.6. The predicted octanol–water partition coefficient (Wildman–Crippen LogP) is 5.79. The van der Waals surface area contributed by atoms with E-state index in [4.69, 9.17) is 4.42 Å². The molecule has 1 fully saturated rings. The maximum atomic E-state index is 12.6. The molecule has 0 radical (unpaired) electrons. The van der Waals surface area contributed by atoms with Crippen LogP contribution >= 0.6 is 11.3 Å². The lowest BCUT2D eigenvalue weighted by Crippen LogP contribution is -2.34. The number of amides is 1. The summed E-state index contributed by atoms with van der Waals surface area (Å²) in [5, 5.41) is 4.01. The smallest absolute Gasteiger partial charge is 0.291 e. The molecule has 1 N–H and O–H groups in total. The van der Waals surface area contributed by atoms with Crippen molar-refractivity contribution in [3.63, 3.8) is 0 Å². The zero-order valence-electron chi connectivity index (χ0n) is 16.4. The number of benzene rings is 1. The highest BCUT2D eigenvalue weighted by Gasteiger charge is 2.28. The summed E-state index contributed by atoms with van der Waals surface area (Å²) >= 11 is 1.63. The molecule has 28 heavy (non-hydrogen) atoms. The number of likely N-dealkylation sites (tertiary alicyclic amines) is 1. The Kier molecular flexibility index (Phi) is 5.64. The fourth-order valence-electron chi connectivity index (χ4n) is 3.92. The third-order valence-corrected chi connectivity index (χ3v) is 6.28. The van der Waals surface area contributed by atoms with Crippen LogP contribution in [0.25, 0.3) is 0 Å². The Morgan fingerprint density at radius 3 is 2.54 bits per heavy atom. The minimum Gasteiger partial charge on any atom is -0.459 e. The molecular formula is C23H26N2O2S. The third-order valence-electron chi connectivity index (χ3n) is 5.30. The zero-order chi connectivity index (χ0) is 19.5. The second-order valence-electron chi connectivity index (χ2n) is 7.48. The molecule has 0 saturated carbocycles. The summed E-state index contributed by atoms with van der Waals surface area (Å²) < 4.78 is 5.27. The molecule has 0 aliphatic carbocycles. The summed E-state index contributed by atoms with van der Waals surface area (Å²) in [6.45, 7) is 6.38. The minimum absolute atomic E-state index is 0.151. The first-order valence-corrected chi connectivity index (χ1v) is 10.7. The Hall–Kier alpha value is -2.37. The lowest BCUT2D eigenvalue weighted by atomic mass is 9.95. The van der Waals surface area contributed by atoms with Crippen LogP contribution < -0.4 is 5.32 Å². The molecule has 2 aromatic heterocycles. The first kappa shape index (κ1) is 19.0. The molecule has 3 aromatic rings. The first-order chi connectivity index (χ1) is 13.6. The van der Waals surface area contributed by atoms with Crippen molar-refractivity contribution < 1.29 is 9.21 Å². The Labute approximate surface area is 170 Å². The molecule has 1 atom stereocenters. The number of carbonyl (C=O) groups is 1. The van der Waals surface area contributed by atoms with Crippen LogP contribution in [0.4, 0.5) is 5.00 Å². The minimum atomic E-state index is -0.200. The molecule has 146 valence electrons. The summed E-state index contributed by atoms with van der Waals surface area (Å²) in [5.74, 6) is 0.135. The molecule has 0 spiro atoms. The van der Waals surface area contributed by atoms with E-state index >= 15 is 0 Å². The van der Waals surface area contributed by atoms with Gasteiger partial charge < -0.3 is 9.73 Å². The van der Waals surface area contributed by atoms with Crippen molar-refractivity contribution >= 4 is 22.2 Å². The van der Waals surface area contributed by atoms with Gasteiger partial charge in [-0.25, -0.2) is 0 Å². The lowest BCUT2D eigenvalue weighted by Gasteiger charge is -2.35. The van der Waals surface area contributed by atoms with Crippen molar-refractivity contribution in [3.8, 4) is 0 Å². The molecule has 5 heteroatoms. The van der Waals surface area contributed by atoms with Crippen molar-refractivity contribution in [1.29, 1.82) is 0 Å². The van der Waals surface area contributed by atoms with Crippen LogP contribution in [0.3, 0.4) is 0 Å². The van der Waals surface area contributed by atoms with Gasteiger partial charge >= 0.3 is 0 Å². The second-order valence-corrected chi connectivity index (χ2v) is 8.74. The topological polar surface area (TPSA) is 45.5 Å². The van der Waals surface area contributed by atoms with Gasteiger partial charge in [0.25, 0.3) is 5.91 Å². The largest absolute Gasteiger partial charge is 0.459 e. The highest BCUT2D eigenvalue weighted by molar-refractivity contribution is 7.16. The molecule has 1 aliphatic rings. The highest BCUT2D eigenvalue weighted by atomic mass is 32.1. The van der Waals surface area contributed by atoms with E-state index in [2.05, 4.69) is 54.4 Å². The van der Waals surface area contributed by atoms with E-state index in [9.17, 15) is 4.79 Å². The Morgan fingerprint density at radius 1 is 1.11 bits per heavy atom. The lowest BCUT2D eigenvalue weighted by molar-refractivity contribution is 0.0996. The van der Waals surface area contributed by atoms with E-state index in [0.29, 0.717) is 5.76 Å². The van der Waals surface area contributed by atoms with Crippen LogP contribution in [0.15, 0.2) is 53.1 Å². The van der Waals surface area contributed by atoms with Crippen LogP contribution in [0.1, 0.15) is 57.4 Å². The molecule has 1 amide bonds. The summed E-state index contributed by atoms with van der Waals surface area (Å²) in [6.07, 6.45) is 5.26. The molecule has 0 unspecified atom stereocenters. The van der Waals surface area contributed by atoms with Crippen LogP contribution in [-0.4, -0.2) is 23.9 Å². The van der Waals surface area contributed by atoms with Gasteiger partial charge in [0.2, 0.25) is 0 Å². The van der Waals surface area contributed by atoms with Gasteiger partial charge in [0.1, 0.15) is 5.00 Å². The number of nitrogens with zero attached hydrogens (tertiary/aromatic N) is 1. The Balaban J connectivity index is 1.71. The Bertz CT molecular complexity index is 922. The number of thiophene rings is 1. The average molecular weight is 395 g/mol. The standard InChI is InChI=1S/C23H26N2O2S/c1-16-8-10-18(11-9-16)21(25-12-4-3-5-13-25)19-15-17(2)28-23(19)24-22(26)20-7-6-14-27-20/h6-11,14-15,21H,3-5,12-13H2,1-2H3,(H,24,26)/t21-/m1/s1. The van der Waals surface area contributed by atoms with Gasteiger partial charge in [-0.15, -0.1) is 11.3 Å². The van der Waals surface area contributed by atoms with Gasteiger partial charge in [0.15, 0.2) is 5.76 Å². The average Bonchev–Trinajstić information content (AvgIpc) is 3.35. The van der Waals surface area contributed by atoms with Gasteiger partial charge in [-0.2, -0.15) is 0 Å². The van der Waals surface area contributed by atoms with E-state index in [1.807, 2.05) is 0 Å². The molecule has 1 aromatic carbocycles. The maximum Gasteiger partial charge on any atom is 0.291 e. The fraction of sp³-hybridized carbons (Fsp3) is 0.348. The normalized spacial score (nSPS) is 16.1. The summed E-state index contributed by atoms with van der Waals surface area (Å²) in [7, 11) is 0. The molecule has 4 nitrogen and oxygen atoms in total. The number of piperidine rings is 1. The van der Waals surface area contributed by atoms with Crippen LogP contribution in [0, 0.1) is 13.8 Å². The SMILES string of the molecule is Cc1ccc([C@H](c2cc(C)sc2NC(=O)c2ccco2)N2CCCCC2)cc1. The molecule has 1 saturated heterocycles. The zero-order valence-corrected chi connectivity index (χ0v) is 17.2. The number of aryl methyl sites for hydroxylation is 2. The summed E-state index contributed by atoms with van der Waals surface area (Å²) in [5.41, 5.74) is 3.71. The monoisotopic (exact) mass is 394 g/mol. The van der Waals surface area contributed by atoms with E-state index in [-0.39, 0.29) is 11.9 Å². The fourth-order valence-corrected chi connectivity index (χ4v) is 4.86. The molecule has 4 rings (SSSR count).